The van der Waals surface area contributed by atoms with E-state index in [1.807, 2.05) is 32.0 Å². The van der Waals surface area contributed by atoms with E-state index in [2.05, 4.69) is 84.3 Å². The number of hydrogen-bond acceptors (Lipinski definition) is 0. The number of fused-ring (bicyclic) bond motifs is 4. The predicted octanol–water partition coefficient (Wildman–Crippen LogP) is 7.77. The van der Waals surface area contributed by atoms with E-state index in [1.165, 1.54) is 52.5 Å². The molecule has 0 amide bonds. The van der Waals surface area contributed by atoms with Crippen molar-refractivity contribution in [2.45, 2.75) is 46.6 Å². The fourth-order valence-electron chi connectivity index (χ4n) is 4.58. The maximum Gasteiger partial charge on any atom is 0.213 e. The van der Waals surface area contributed by atoms with Crippen LogP contribution in [0.25, 0.3) is 27.6 Å². The molecule has 1 aromatic heterocycles. The third-order valence-corrected chi connectivity index (χ3v) is 6.07. The van der Waals surface area contributed by atoms with Crippen molar-refractivity contribution < 1.29 is 4.57 Å². The minimum atomic E-state index is 1.10. The van der Waals surface area contributed by atoms with Crippen LogP contribution in [0.2, 0.25) is 0 Å². The molecular weight excluding hydrogens is 374 g/mol. The fourth-order valence-corrected chi connectivity index (χ4v) is 4.58. The van der Waals surface area contributed by atoms with Gasteiger partial charge in [0.15, 0.2) is 6.54 Å². The van der Waals surface area contributed by atoms with Gasteiger partial charge in [-0.1, -0.05) is 80.1 Å². The minimum absolute atomic E-state index is 1.10. The summed E-state index contributed by atoms with van der Waals surface area (Å²) < 4.78 is 2.51. The van der Waals surface area contributed by atoms with Crippen LogP contribution < -0.4 is 4.57 Å². The van der Waals surface area contributed by atoms with Gasteiger partial charge in [-0.25, -0.2) is 0 Å². The normalized spacial score (nSPS) is 13.6. The van der Waals surface area contributed by atoms with Gasteiger partial charge in [-0.05, 0) is 55.5 Å². The van der Waals surface area contributed by atoms with Crippen LogP contribution in [-0.4, -0.2) is 0 Å². The molecule has 2 aliphatic rings. The highest BCUT2D eigenvalue weighted by Gasteiger charge is 2.33. The topological polar surface area (TPSA) is 3.88 Å². The fraction of sp³-hybridized carbons (Fsp3) is 0.233. The van der Waals surface area contributed by atoms with Gasteiger partial charge in [0.1, 0.15) is 0 Å². The molecule has 0 saturated heterocycles. The Morgan fingerprint density at radius 3 is 2.06 bits per heavy atom. The van der Waals surface area contributed by atoms with Crippen LogP contribution in [0, 0.1) is 6.92 Å². The van der Waals surface area contributed by atoms with Crippen molar-refractivity contribution in [1.29, 1.82) is 0 Å². The number of allylic oxidation sites excluding steroid dienone is 2. The highest BCUT2D eigenvalue weighted by Crippen LogP contribution is 2.37. The molecule has 1 nitrogen and oxygen atoms in total. The summed E-state index contributed by atoms with van der Waals surface area (Å²) in [6, 6.07) is 32.4. The number of rotatable bonds is 1. The molecular formula is C30H32N+. The Morgan fingerprint density at radius 1 is 0.677 bits per heavy atom. The first-order valence-corrected chi connectivity index (χ1v) is 11.5. The Labute approximate surface area is 186 Å². The second kappa shape index (κ2) is 9.75. The molecule has 0 saturated carbocycles. The summed E-state index contributed by atoms with van der Waals surface area (Å²) in [5.41, 5.74) is 10.0. The summed E-state index contributed by atoms with van der Waals surface area (Å²) >= 11 is 0. The van der Waals surface area contributed by atoms with Crippen LogP contribution in [0.15, 0.2) is 96.6 Å². The summed E-state index contributed by atoms with van der Waals surface area (Å²) in [4.78, 5) is 0. The van der Waals surface area contributed by atoms with Crippen LogP contribution in [0.1, 0.15) is 44.4 Å². The zero-order valence-electron chi connectivity index (χ0n) is 18.9. The summed E-state index contributed by atoms with van der Waals surface area (Å²) in [7, 11) is 0. The third-order valence-electron chi connectivity index (χ3n) is 6.07. The minimum Gasteiger partial charge on any atom is -0.188 e. The number of hydrogen-bond donors (Lipinski definition) is 0. The lowest BCUT2D eigenvalue weighted by Gasteiger charge is -2.06. The number of benzene rings is 3. The first-order chi connectivity index (χ1) is 15.3. The van der Waals surface area contributed by atoms with Gasteiger partial charge < -0.3 is 0 Å². The van der Waals surface area contributed by atoms with Crippen LogP contribution in [-0.2, 0) is 6.54 Å². The van der Waals surface area contributed by atoms with Crippen molar-refractivity contribution in [3.63, 3.8) is 0 Å². The molecule has 1 aliphatic carbocycles. The lowest BCUT2D eigenvalue weighted by molar-refractivity contribution is -0.660. The van der Waals surface area contributed by atoms with E-state index in [4.69, 9.17) is 0 Å². The maximum absolute atomic E-state index is 2.51. The monoisotopic (exact) mass is 406 g/mol. The van der Waals surface area contributed by atoms with Crippen LogP contribution in [0.4, 0.5) is 0 Å². The zero-order valence-corrected chi connectivity index (χ0v) is 18.9. The standard InChI is InChI=1S/C21H18N.C7H8.C2H6/c1-2-5-15(6-3-1)16-9-11-20-17(13-16)10-12-21-19-8-4-7-18(19)14-22(20)21;1-7-5-3-2-4-6-7;1-2/h1-3,5-6,9-13H,4,7-8,14H2;2-6H,1H3;1-2H3/q+1;;. The van der Waals surface area contributed by atoms with Gasteiger partial charge in [-0.15, -0.1) is 0 Å². The summed E-state index contributed by atoms with van der Waals surface area (Å²) in [6.45, 7) is 7.19. The van der Waals surface area contributed by atoms with Crippen molar-refractivity contribution in [3.8, 4) is 11.1 Å². The molecule has 0 spiro atoms. The van der Waals surface area contributed by atoms with Gasteiger partial charge in [0.2, 0.25) is 11.2 Å². The average molecular weight is 407 g/mol. The van der Waals surface area contributed by atoms with Crippen LogP contribution in [0.3, 0.4) is 0 Å². The van der Waals surface area contributed by atoms with E-state index >= 15 is 0 Å². The molecule has 0 radical (unpaired) electrons. The van der Waals surface area contributed by atoms with E-state index in [0.717, 1.165) is 6.54 Å². The van der Waals surface area contributed by atoms with Crippen molar-refractivity contribution in [3.05, 3.63) is 108 Å². The Morgan fingerprint density at radius 2 is 1.39 bits per heavy atom. The molecule has 6 rings (SSSR count). The van der Waals surface area contributed by atoms with Crippen molar-refractivity contribution in [2.24, 2.45) is 0 Å². The van der Waals surface area contributed by atoms with Gasteiger partial charge in [0, 0.05) is 28.7 Å². The lowest BCUT2D eigenvalue weighted by Crippen LogP contribution is -2.35. The van der Waals surface area contributed by atoms with Crippen molar-refractivity contribution in [1.82, 2.24) is 0 Å². The molecule has 3 aromatic carbocycles. The lowest BCUT2D eigenvalue weighted by atomic mass is 10.0. The Kier molecular flexibility index (Phi) is 6.62. The molecule has 0 N–H and O–H groups in total. The predicted molar refractivity (Wildman–Crippen MR) is 133 cm³/mol. The van der Waals surface area contributed by atoms with E-state index in [-0.39, 0.29) is 0 Å². The summed E-state index contributed by atoms with van der Waals surface area (Å²) in [6.07, 6.45) is 3.90. The zero-order chi connectivity index (χ0) is 21.6. The van der Waals surface area contributed by atoms with Crippen LogP contribution >= 0.6 is 0 Å². The molecule has 4 aromatic rings. The average Bonchev–Trinajstić information content (AvgIpc) is 3.43. The Hall–Kier alpha value is -3.19. The highest BCUT2D eigenvalue weighted by atomic mass is 15.0. The largest absolute Gasteiger partial charge is 0.213 e. The highest BCUT2D eigenvalue weighted by molar-refractivity contribution is 5.84. The summed E-state index contributed by atoms with van der Waals surface area (Å²) in [5, 5.41) is 1.34. The molecule has 0 bridgehead atoms. The molecule has 1 heteroatoms. The van der Waals surface area contributed by atoms with Crippen LogP contribution in [0.5, 0.6) is 0 Å². The maximum atomic E-state index is 2.51. The Bertz CT molecular complexity index is 1190. The number of pyridine rings is 1. The van der Waals surface area contributed by atoms with E-state index in [1.54, 1.807) is 11.1 Å². The van der Waals surface area contributed by atoms with Crippen molar-refractivity contribution in [2.75, 3.05) is 0 Å². The number of aryl methyl sites for hydroxylation is 1. The quantitative estimate of drug-likeness (QED) is 0.284. The van der Waals surface area contributed by atoms with Gasteiger partial charge in [-0.2, -0.15) is 4.57 Å². The molecule has 156 valence electrons. The molecule has 2 heterocycles. The van der Waals surface area contributed by atoms with Gasteiger partial charge >= 0.3 is 0 Å². The molecule has 0 fully saturated rings. The first-order valence-electron chi connectivity index (χ1n) is 11.5. The molecule has 1 aliphatic heterocycles. The van der Waals surface area contributed by atoms with E-state index < -0.39 is 0 Å². The van der Waals surface area contributed by atoms with E-state index in [9.17, 15) is 0 Å². The Balaban J connectivity index is 0.000000219. The number of nitrogens with zero attached hydrogens (tertiary/aromatic N) is 1. The number of aromatic nitrogens is 1. The molecule has 0 unspecified atom stereocenters. The smallest absolute Gasteiger partial charge is 0.188 e. The van der Waals surface area contributed by atoms with Gasteiger partial charge in [0.05, 0.1) is 0 Å². The molecule has 0 atom stereocenters. The van der Waals surface area contributed by atoms with Gasteiger partial charge in [-0.3, -0.25) is 0 Å². The second-order valence-electron chi connectivity index (χ2n) is 8.03. The molecule has 31 heavy (non-hydrogen) atoms. The SMILES string of the molecule is CC.Cc1ccccc1.c1ccc(-c2ccc3c(ccc4[n+]3CC3=C4CCC3)c2)cc1. The third kappa shape index (κ3) is 4.46. The summed E-state index contributed by atoms with van der Waals surface area (Å²) in [5.74, 6) is 0. The van der Waals surface area contributed by atoms with Crippen molar-refractivity contribution >= 4 is 16.5 Å². The van der Waals surface area contributed by atoms with Gasteiger partial charge in [0.25, 0.3) is 0 Å². The first kappa shape index (κ1) is 21.1. The second-order valence-corrected chi connectivity index (χ2v) is 8.03. The van der Waals surface area contributed by atoms with E-state index in [0.29, 0.717) is 0 Å².